The fourth-order valence-corrected chi connectivity index (χ4v) is 2.37. The summed E-state index contributed by atoms with van der Waals surface area (Å²) in [6.07, 6.45) is 4.58. The fourth-order valence-electron chi connectivity index (χ4n) is 2.37. The fraction of sp³-hybridized carbons (Fsp3) is 0.800. The Labute approximate surface area is 148 Å². The van der Waals surface area contributed by atoms with E-state index in [-0.39, 0.29) is 0 Å². The first kappa shape index (κ1) is 21.4. The SMILES string of the molecule is CC(C)C1=C(C(C)C)CC(OOC(C)(C)C)(OOC(C)(C)C)C=C1. The Bertz CT molecular complexity index is 455. The molecule has 0 unspecified atom stereocenters. The van der Waals surface area contributed by atoms with Crippen LogP contribution < -0.4 is 0 Å². The van der Waals surface area contributed by atoms with Crippen LogP contribution in [-0.4, -0.2) is 17.0 Å². The third-order valence-electron chi connectivity index (χ3n) is 3.51. The van der Waals surface area contributed by atoms with Gasteiger partial charge in [0.25, 0.3) is 5.79 Å². The smallest absolute Gasteiger partial charge is 0.227 e. The molecule has 1 rings (SSSR count). The van der Waals surface area contributed by atoms with Gasteiger partial charge < -0.3 is 0 Å². The molecular weight excluding hydrogens is 304 g/mol. The van der Waals surface area contributed by atoms with Crippen LogP contribution in [0.3, 0.4) is 0 Å². The van der Waals surface area contributed by atoms with Crippen LogP contribution in [0.2, 0.25) is 0 Å². The lowest BCUT2D eigenvalue weighted by Crippen LogP contribution is -2.41. The molecule has 1 aliphatic rings. The summed E-state index contributed by atoms with van der Waals surface area (Å²) in [6.45, 7) is 20.4. The van der Waals surface area contributed by atoms with Crippen molar-refractivity contribution in [3.63, 3.8) is 0 Å². The monoisotopic (exact) mass is 340 g/mol. The average molecular weight is 341 g/mol. The maximum absolute atomic E-state index is 5.77. The molecule has 0 spiro atoms. The van der Waals surface area contributed by atoms with Gasteiger partial charge in [0.2, 0.25) is 0 Å². The molecule has 0 amide bonds. The van der Waals surface area contributed by atoms with Crippen LogP contribution in [0.25, 0.3) is 0 Å². The van der Waals surface area contributed by atoms with E-state index in [9.17, 15) is 0 Å². The predicted octanol–water partition coefficient (Wildman–Crippen LogP) is 5.74. The van der Waals surface area contributed by atoms with Crippen molar-refractivity contribution < 1.29 is 19.6 Å². The van der Waals surface area contributed by atoms with Crippen molar-refractivity contribution in [2.45, 2.75) is 92.6 Å². The number of allylic oxidation sites excluding steroid dienone is 2. The van der Waals surface area contributed by atoms with Gasteiger partial charge in [0.1, 0.15) is 0 Å². The second kappa shape index (κ2) is 7.69. The molecule has 140 valence electrons. The van der Waals surface area contributed by atoms with E-state index >= 15 is 0 Å². The first-order valence-electron chi connectivity index (χ1n) is 8.90. The van der Waals surface area contributed by atoms with Gasteiger partial charge in [-0.3, -0.25) is 0 Å². The van der Waals surface area contributed by atoms with E-state index in [0.717, 1.165) is 0 Å². The van der Waals surface area contributed by atoms with E-state index in [0.29, 0.717) is 18.3 Å². The third kappa shape index (κ3) is 6.67. The molecular formula is C20H36O4. The summed E-state index contributed by atoms with van der Waals surface area (Å²) in [5.74, 6) is -0.231. The second-order valence-electron chi connectivity index (χ2n) is 9.17. The Morgan fingerprint density at radius 2 is 1.29 bits per heavy atom. The van der Waals surface area contributed by atoms with Crippen LogP contribution in [0.1, 0.15) is 75.7 Å². The summed E-state index contributed by atoms with van der Waals surface area (Å²) in [7, 11) is 0. The minimum absolute atomic E-state index is 0.392. The molecule has 0 saturated carbocycles. The quantitative estimate of drug-likeness (QED) is 0.351. The van der Waals surface area contributed by atoms with Gasteiger partial charge in [-0.2, -0.15) is 9.78 Å². The molecule has 0 atom stereocenters. The zero-order valence-electron chi connectivity index (χ0n) is 17.1. The van der Waals surface area contributed by atoms with Gasteiger partial charge in [0, 0.05) is 6.42 Å². The Kier molecular flexibility index (Phi) is 6.85. The zero-order chi connectivity index (χ0) is 18.8. The van der Waals surface area contributed by atoms with Crippen LogP contribution in [0, 0.1) is 11.8 Å². The van der Waals surface area contributed by atoms with Gasteiger partial charge in [0.15, 0.2) is 0 Å². The van der Waals surface area contributed by atoms with Crippen LogP contribution in [-0.2, 0) is 19.6 Å². The van der Waals surface area contributed by atoms with Gasteiger partial charge in [-0.05, 0) is 65.0 Å². The summed E-state index contributed by atoms with van der Waals surface area (Å²) >= 11 is 0. The van der Waals surface area contributed by atoms with E-state index < -0.39 is 17.0 Å². The van der Waals surface area contributed by atoms with Gasteiger partial charge in [-0.1, -0.05) is 39.3 Å². The summed E-state index contributed by atoms with van der Waals surface area (Å²) in [5, 5.41) is 0. The molecule has 0 heterocycles. The van der Waals surface area contributed by atoms with Crippen molar-refractivity contribution in [3.8, 4) is 0 Å². The minimum atomic E-state index is -1.07. The molecule has 0 N–H and O–H groups in total. The Hall–Kier alpha value is -0.680. The lowest BCUT2D eigenvalue weighted by Gasteiger charge is -2.37. The highest BCUT2D eigenvalue weighted by atomic mass is 17.3. The van der Waals surface area contributed by atoms with Gasteiger partial charge in [-0.15, -0.1) is 0 Å². The Balaban J connectivity index is 3.09. The summed E-state index contributed by atoms with van der Waals surface area (Å²) in [5.41, 5.74) is 1.76. The van der Waals surface area contributed by atoms with Crippen molar-refractivity contribution >= 4 is 0 Å². The topological polar surface area (TPSA) is 36.9 Å². The van der Waals surface area contributed by atoms with Crippen LogP contribution in [0.15, 0.2) is 23.3 Å². The number of rotatable bonds is 6. The first-order valence-corrected chi connectivity index (χ1v) is 8.90. The van der Waals surface area contributed by atoms with Crippen molar-refractivity contribution in [1.29, 1.82) is 0 Å². The van der Waals surface area contributed by atoms with Crippen molar-refractivity contribution in [2.75, 3.05) is 0 Å². The molecule has 0 fully saturated rings. The zero-order valence-corrected chi connectivity index (χ0v) is 17.1. The molecule has 0 saturated heterocycles. The Morgan fingerprint density at radius 3 is 1.62 bits per heavy atom. The largest absolute Gasteiger partial charge is 0.256 e. The van der Waals surface area contributed by atoms with Crippen LogP contribution >= 0.6 is 0 Å². The van der Waals surface area contributed by atoms with Crippen molar-refractivity contribution in [3.05, 3.63) is 23.3 Å². The second-order valence-corrected chi connectivity index (χ2v) is 9.17. The molecule has 0 bridgehead atoms. The molecule has 4 heteroatoms. The molecule has 24 heavy (non-hydrogen) atoms. The molecule has 0 aromatic carbocycles. The van der Waals surface area contributed by atoms with E-state index in [1.807, 2.05) is 47.6 Å². The van der Waals surface area contributed by atoms with Gasteiger partial charge in [0.05, 0.1) is 11.2 Å². The normalized spacial score (nSPS) is 18.8. The molecule has 1 aliphatic carbocycles. The highest BCUT2D eigenvalue weighted by Gasteiger charge is 2.40. The molecule has 4 nitrogen and oxygen atoms in total. The highest BCUT2D eigenvalue weighted by Crippen LogP contribution is 2.39. The van der Waals surface area contributed by atoms with Crippen molar-refractivity contribution in [2.24, 2.45) is 11.8 Å². The van der Waals surface area contributed by atoms with Gasteiger partial charge >= 0.3 is 0 Å². The van der Waals surface area contributed by atoms with E-state index in [2.05, 4.69) is 33.8 Å². The maximum Gasteiger partial charge on any atom is 0.256 e. The van der Waals surface area contributed by atoms with E-state index in [1.54, 1.807) is 0 Å². The Morgan fingerprint density at radius 1 is 0.833 bits per heavy atom. The summed E-state index contributed by atoms with van der Waals surface area (Å²) in [4.78, 5) is 22.7. The first-order chi connectivity index (χ1) is 10.7. The molecule has 0 aromatic rings. The molecule has 0 radical (unpaired) electrons. The molecule has 0 aliphatic heterocycles. The van der Waals surface area contributed by atoms with E-state index in [1.165, 1.54) is 11.1 Å². The predicted molar refractivity (Wildman–Crippen MR) is 97.0 cm³/mol. The van der Waals surface area contributed by atoms with E-state index in [4.69, 9.17) is 19.6 Å². The number of hydrogen-bond acceptors (Lipinski definition) is 4. The minimum Gasteiger partial charge on any atom is -0.227 e. The highest BCUT2D eigenvalue weighted by molar-refractivity contribution is 5.35. The lowest BCUT2D eigenvalue weighted by molar-refractivity contribution is -0.526. The van der Waals surface area contributed by atoms with Crippen LogP contribution in [0.5, 0.6) is 0 Å². The number of hydrogen-bond donors (Lipinski definition) is 0. The lowest BCUT2D eigenvalue weighted by atomic mass is 9.82. The summed E-state index contributed by atoms with van der Waals surface area (Å²) < 4.78 is 0. The van der Waals surface area contributed by atoms with Gasteiger partial charge in [-0.25, -0.2) is 9.78 Å². The average Bonchev–Trinajstić information content (AvgIpc) is 2.41. The maximum atomic E-state index is 5.77. The van der Waals surface area contributed by atoms with Crippen molar-refractivity contribution in [1.82, 2.24) is 0 Å². The molecule has 0 aromatic heterocycles. The summed E-state index contributed by atoms with van der Waals surface area (Å²) in [6, 6.07) is 0. The van der Waals surface area contributed by atoms with Crippen LogP contribution in [0.4, 0.5) is 0 Å². The third-order valence-corrected chi connectivity index (χ3v) is 3.51. The standard InChI is InChI=1S/C20H36O4/c1-14(2)16-11-12-20(13-17(16)15(3)4,23-21-18(5,6)7)24-22-19(8,9)10/h11-12,14-15H,13H2,1-10H3.